The van der Waals surface area contributed by atoms with Crippen molar-refractivity contribution in [3.63, 3.8) is 0 Å². The predicted octanol–water partition coefficient (Wildman–Crippen LogP) is 3.74. The standard InChI is InChI=1S/C20H31N3O4S/c1-13(2)16-9-8-10-17(14(3)4)19(16)21-20(25)22-28(26,27)18-11-6-7-12-23(18)15(5)24/h8-10,13-14,18H,6-7,11-12H2,1-5H3,(H2,21,22,25). The molecule has 1 aliphatic heterocycles. The fourth-order valence-corrected chi connectivity index (χ4v) is 5.13. The first-order valence-corrected chi connectivity index (χ1v) is 11.3. The minimum atomic E-state index is -4.02. The van der Waals surface area contributed by atoms with E-state index in [1.165, 1.54) is 11.8 Å². The van der Waals surface area contributed by atoms with Gasteiger partial charge >= 0.3 is 6.03 Å². The molecule has 1 unspecified atom stereocenters. The van der Waals surface area contributed by atoms with Gasteiger partial charge in [-0.2, -0.15) is 0 Å². The van der Waals surface area contributed by atoms with Crippen LogP contribution in [0.25, 0.3) is 0 Å². The second-order valence-corrected chi connectivity index (χ2v) is 9.72. The number of piperidine rings is 1. The molecular formula is C20H31N3O4S. The summed E-state index contributed by atoms with van der Waals surface area (Å²) in [5.74, 6) is 0.0250. The van der Waals surface area contributed by atoms with Crippen molar-refractivity contribution in [2.24, 2.45) is 0 Å². The number of rotatable bonds is 5. The van der Waals surface area contributed by atoms with Gasteiger partial charge in [-0.15, -0.1) is 0 Å². The van der Waals surface area contributed by atoms with E-state index in [1.54, 1.807) is 0 Å². The van der Waals surface area contributed by atoms with Gasteiger partial charge in [0.1, 0.15) is 0 Å². The van der Waals surface area contributed by atoms with E-state index in [1.807, 2.05) is 45.9 Å². The molecule has 1 fully saturated rings. The van der Waals surface area contributed by atoms with Gasteiger partial charge in [0.25, 0.3) is 10.0 Å². The van der Waals surface area contributed by atoms with Crippen LogP contribution >= 0.6 is 0 Å². The van der Waals surface area contributed by atoms with E-state index >= 15 is 0 Å². The monoisotopic (exact) mass is 409 g/mol. The van der Waals surface area contributed by atoms with Gasteiger partial charge in [-0.1, -0.05) is 45.9 Å². The molecule has 8 heteroatoms. The molecule has 2 N–H and O–H groups in total. The molecule has 1 saturated heterocycles. The van der Waals surface area contributed by atoms with Crippen molar-refractivity contribution < 1.29 is 18.0 Å². The second kappa shape index (κ2) is 8.94. The van der Waals surface area contributed by atoms with Crippen LogP contribution in [0.2, 0.25) is 0 Å². The Balaban J connectivity index is 2.25. The number of nitrogens with one attached hydrogen (secondary N) is 2. The molecule has 0 aromatic heterocycles. The van der Waals surface area contributed by atoms with E-state index in [-0.39, 0.29) is 17.7 Å². The molecule has 0 aliphatic carbocycles. The Kier molecular flexibility index (Phi) is 7.09. The molecule has 1 heterocycles. The largest absolute Gasteiger partial charge is 0.332 e. The van der Waals surface area contributed by atoms with Crippen LogP contribution in [0.1, 0.15) is 76.8 Å². The first-order chi connectivity index (χ1) is 13.0. The van der Waals surface area contributed by atoms with Crippen LogP contribution in [0, 0.1) is 0 Å². The summed E-state index contributed by atoms with van der Waals surface area (Å²) in [6.45, 7) is 9.81. The molecule has 1 aromatic carbocycles. The first kappa shape index (κ1) is 22.2. The number of urea groups is 1. The summed E-state index contributed by atoms with van der Waals surface area (Å²) in [6.07, 6.45) is 1.78. The number of anilines is 1. The van der Waals surface area contributed by atoms with E-state index in [4.69, 9.17) is 0 Å². The molecule has 0 spiro atoms. The fourth-order valence-electron chi connectivity index (χ4n) is 3.62. The summed E-state index contributed by atoms with van der Waals surface area (Å²) in [6, 6.07) is 5.00. The number of likely N-dealkylation sites (tertiary alicyclic amines) is 1. The lowest BCUT2D eigenvalue weighted by Gasteiger charge is -2.34. The lowest BCUT2D eigenvalue weighted by molar-refractivity contribution is -0.130. The zero-order valence-electron chi connectivity index (χ0n) is 17.3. The third-order valence-electron chi connectivity index (χ3n) is 5.06. The Morgan fingerprint density at radius 3 is 2.14 bits per heavy atom. The van der Waals surface area contributed by atoms with Crippen molar-refractivity contribution in [2.75, 3.05) is 11.9 Å². The van der Waals surface area contributed by atoms with Crippen LogP contribution in [0.15, 0.2) is 18.2 Å². The highest BCUT2D eigenvalue weighted by Crippen LogP contribution is 2.32. The van der Waals surface area contributed by atoms with Crippen molar-refractivity contribution in [3.8, 4) is 0 Å². The highest BCUT2D eigenvalue weighted by atomic mass is 32.2. The number of hydrogen-bond donors (Lipinski definition) is 2. The Morgan fingerprint density at radius 1 is 1.07 bits per heavy atom. The van der Waals surface area contributed by atoms with E-state index in [2.05, 4.69) is 10.0 Å². The summed E-state index contributed by atoms with van der Waals surface area (Å²) >= 11 is 0. The molecule has 0 saturated carbocycles. The smallest absolute Gasteiger partial charge is 0.324 e. The summed E-state index contributed by atoms with van der Waals surface area (Å²) in [5.41, 5.74) is 2.54. The van der Waals surface area contributed by atoms with Gasteiger partial charge < -0.3 is 10.2 Å². The number of carbonyl (C=O) groups excluding carboxylic acids is 2. The summed E-state index contributed by atoms with van der Waals surface area (Å²) in [4.78, 5) is 25.7. The lowest BCUT2D eigenvalue weighted by atomic mass is 9.93. The molecule has 156 valence electrons. The normalized spacial score (nSPS) is 17.7. The average molecular weight is 410 g/mol. The number of nitrogens with zero attached hydrogens (tertiary/aromatic N) is 1. The van der Waals surface area contributed by atoms with Crippen molar-refractivity contribution in [3.05, 3.63) is 29.3 Å². The Bertz CT molecular complexity index is 808. The molecule has 7 nitrogen and oxygen atoms in total. The maximum atomic E-state index is 12.8. The zero-order valence-corrected chi connectivity index (χ0v) is 18.1. The minimum absolute atomic E-state index is 0.164. The van der Waals surface area contributed by atoms with Gasteiger partial charge in [0.05, 0.1) is 0 Å². The van der Waals surface area contributed by atoms with Crippen molar-refractivity contribution >= 4 is 27.6 Å². The average Bonchev–Trinajstić information content (AvgIpc) is 2.60. The molecular weight excluding hydrogens is 378 g/mol. The maximum Gasteiger partial charge on any atom is 0.332 e. The van der Waals surface area contributed by atoms with Crippen LogP contribution in [0.4, 0.5) is 10.5 Å². The fraction of sp³-hybridized carbons (Fsp3) is 0.600. The number of sulfonamides is 1. The molecule has 0 radical (unpaired) electrons. The molecule has 3 amide bonds. The Hall–Kier alpha value is -2.09. The van der Waals surface area contributed by atoms with Gasteiger partial charge in [0.2, 0.25) is 5.91 Å². The highest BCUT2D eigenvalue weighted by molar-refractivity contribution is 7.90. The van der Waals surface area contributed by atoms with Crippen LogP contribution in [0.3, 0.4) is 0 Å². The molecule has 1 atom stereocenters. The minimum Gasteiger partial charge on any atom is -0.324 e. The van der Waals surface area contributed by atoms with E-state index < -0.39 is 21.4 Å². The molecule has 1 aliphatic rings. The van der Waals surface area contributed by atoms with Crippen LogP contribution < -0.4 is 10.0 Å². The molecule has 2 rings (SSSR count). The number of amides is 3. The van der Waals surface area contributed by atoms with Gasteiger partial charge in [-0.05, 0) is 42.2 Å². The van der Waals surface area contributed by atoms with Gasteiger partial charge in [-0.3, -0.25) is 4.79 Å². The SMILES string of the molecule is CC(=O)N1CCCCC1S(=O)(=O)NC(=O)Nc1c(C(C)C)cccc1C(C)C. The highest BCUT2D eigenvalue weighted by Gasteiger charge is 2.36. The first-order valence-electron chi connectivity index (χ1n) is 9.77. The van der Waals surface area contributed by atoms with Crippen molar-refractivity contribution in [1.82, 2.24) is 9.62 Å². The summed E-state index contributed by atoms with van der Waals surface area (Å²) in [5, 5.41) is 1.73. The Labute approximate surface area is 167 Å². The summed E-state index contributed by atoms with van der Waals surface area (Å²) in [7, 11) is -4.02. The maximum absolute atomic E-state index is 12.8. The van der Waals surface area contributed by atoms with E-state index in [0.29, 0.717) is 25.1 Å². The van der Waals surface area contributed by atoms with E-state index in [0.717, 1.165) is 17.5 Å². The number of carbonyl (C=O) groups is 2. The number of benzene rings is 1. The summed E-state index contributed by atoms with van der Waals surface area (Å²) < 4.78 is 27.7. The van der Waals surface area contributed by atoms with Crippen molar-refractivity contribution in [2.45, 2.75) is 71.1 Å². The molecule has 0 bridgehead atoms. The van der Waals surface area contributed by atoms with Crippen LogP contribution in [-0.2, 0) is 14.8 Å². The predicted molar refractivity (Wildman–Crippen MR) is 111 cm³/mol. The third kappa shape index (κ3) is 5.04. The third-order valence-corrected chi connectivity index (χ3v) is 6.73. The van der Waals surface area contributed by atoms with Crippen LogP contribution in [-0.4, -0.2) is 37.2 Å². The van der Waals surface area contributed by atoms with Gasteiger partial charge in [0.15, 0.2) is 5.37 Å². The van der Waals surface area contributed by atoms with Crippen molar-refractivity contribution in [1.29, 1.82) is 0 Å². The topological polar surface area (TPSA) is 95.6 Å². The Morgan fingerprint density at radius 2 is 1.64 bits per heavy atom. The van der Waals surface area contributed by atoms with Gasteiger partial charge in [-0.25, -0.2) is 17.9 Å². The second-order valence-electron chi connectivity index (χ2n) is 7.88. The lowest BCUT2D eigenvalue weighted by Crippen LogP contribution is -2.52. The number of para-hydroxylation sites is 1. The quantitative estimate of drug-likeness (QED) is 0.774. The number of hydrogen-bond acceptors (Lipinski definition) is 4. The van der Waals surface area contributed by atoms with Gasteiger partial charge in [0, 0.05) is 19.2 Å². The van der Waals surface area contributed by atoms with E-state index in [9.17, 15) is 18.0 Å². The zero-order chi connectivity index (χ0) is 21.1. The molecule has 1 aromatic rings. The van der Waals surface area contributed by atoms with Crippen LogP contribution in [0.5, 0.6) is 0 Å². The molecule has 28 heavy (non-hydrogen) atoms.